The van der Waals surface area contributed by atoms with Crippen LogP contribution in [0.1, 0.15) is 34.5 Å². The highest BCUT2D eigenvalue weighted by atomic mass is 35.5. The number of nitrogens with one attached hydrogen (secondary N) is 1. The summed E-state index contributed by atoms with van der Waals surface area (Å²) in [6.07, 6.45) is -4.44. The first kappa shape index (κ1) is 17.1. The van der Waals surface area contributed by atoms with Gasteiger partial charge in [0.15, 0.2) is 0 Å². The van der Waals surface area contributed by atoms with Gasteiger partial charge in [0, 0.05) is 5.56 Å². The fraction of sp³-hybridized carbons (Fsp3) is 0.188. The van der Waals surface area contributed by atoms with E-state index in [2.05, 4.69) is 5.32 Å². The zero-order valence-electron chi connectivity index (χ0n) is 12.0. The monoisotopic (exact) mass is 343 g/mol. The number of benzene rings is 2. The third kappa shape index (κ3) is 4.16. The van der Waals surface area contributed by atoms with Gasteiger partial charge in [0.05, 0.1) is 16.6 Å². The van der Waals surface area contributed by atoms with Gasteiger partial charge >= 0.3 is 6.18 Å². The Balaban J connectivity index is 2.16. The summed E-state index contributed by atoms with van der Waals surface area (Å²) in [5.74, 6) is -0.661. The van der Waals surface area contributed by atoms with Gasteiger partial charge in [0.25, 0.3) is 5.91 Å². The number of amides is 1. The predicted octanol–water partition coefficient (Wildman–Crippen LogP) is 4.56. The molecule has 0 spiro atoms. The van der Waals surface area contributed by atoms with Crippen LogP contribution < -0.4 is 5.32 Å². The van der Waals surface area contributed by atoms with Crippen LogP contribution in [-0.2, 0) is 6.18 Å². The van der Waals surface area contributed by atoms with Gasteiger partial charge in [-0.2, -0.15) is 13.2 Å². The number of carbonyl (C=O) groups excluding carboxylic acids is 1. The van der Waals surface area contributed by atoms with Crippen molar-refractivity contribution in [3.05, 3.63) is 64.2 Å². The van der Waals surface area contributed by atoms with Crippen molar-refractivity contribution in [2.24, 2.45) is 0 Å². The Hall–Kier alpha value is -2.21. The first-order valence-corrected chi connectivity index (χ1v) is 7.03. The third-order valence-electron chi connectivity index (χ3n) is 3.27. The van der Waals surface area contributed by atoms with Crippen molar-refractivity contribution in [3.63, 3.8) is 0 Å². The molecule has 2 aromatic rings. The van der Waals surface area contributed by atoms with Gasteiger partial charge in [-0.25, -0.2) is 0 Å². The van der Waals surface area contributed by atoms with Crippen LogP contribution in [0.4, 0.5) is 13.2 Å². The molecule has 1 atom stereocenters. The Morgan fingerprint density at radius 2 is 1.91 bits per heavy atom. The molecule has 122 valence electrons. The van der Waals surface area contributed by atoms with Crippen molar-refractivity contribution in [3.8, 4) is 5.75 Å². The number of alkyl halides is 3. The quantitative estimate of drug-likeness (QED) is 0.858. The summed E-state index contributed by atoms with van der Waals surface area (Å²) < 4.78 is 38.1. The fourth-order valence-electron chi connectivity index (χ4n) is 2.00. The summed E-state index contributed by atoms with van der Waals surface area (Å²) in [4.78, 5) is 12.1. The standard InChI is InChI=1S/C16H13ClF3NO2/c1-9(10-3-2-4-12(7-10)16(18,19)20)21-15(23)11-5-6-14(22)13(17)8-11/h2-9,22H,1H3,(H,21,23)/t9-/m1/s1. The summed E-state index contributed by atoms with van der Waals surface area (Å²) in [5.41, 5.74) is -0.242. The van der Waals surface area contributed by atoms with E-state index in [0.29, 0.717) is 5.56 Å². The highest BCUT2D eigenvalue weighted by molar-refractivity contribution is 6.32. The van der Waals surface area contributed by atoms with Crippen LogP contribution in [0.15, 0.2) is 42.5 Å². The van der Waals surface area contributed by atoms with Crippen molar-refractivity contribution < 1.29 is 23.1 Å². The van der Waals surface area contributed by atoms with Gasteiger partial charge in [-0.3, -0.25) is 4.79 Å². The topological polar surface area (TPSA) is 49.3 Å². The number of rotatable bonds is 3. The van der Waals surface area contributed by atoms with E-state index >= 15 is 0 Å². The largest absolute Gasteiger partial charge is 0.506 e. The lowest BCUT2D eigenvalue weighted by Gasteiger charge is -2.16. The van der Waals surface area contributed by atoms with Gasteiger partial charge in [0.2, 0.25) is 0 Å². The SMILES string of the molecule is C[C@@H](NC(=O)c1ccc(O)c(Cl)c1)c1cccc(C(F)(F)F)c1. The van der Waals surface area contributed by atoms with Gasteiger partial charge in [0.1, 0.15) is 5.75 Å². The number of halogens is 4. The lowest BCUT2D eigenvalue weighted by Crippen LogP contribution is -2.26. The second kappa shape index (κ2) is 6.50. The van der Waals surface area contributed by atoms with E-state index in [0.717, 1.165) is 12.1 Å². The first-order chi connectivity index (χ1) is 10.7. The molecule has 0 saturated carbocycles. The van der Waals surface area contributed by atoms with Crippen molar-refractivity contribution in [1.82, 2.24) is 5.32 Å². The Morgan fingerprint density at radius 1 is 1.22 bits per heavy atom. The van der Waals surface area contributed by atoms with E-state index in [1.165, 1.54) is 30.3 Å². The van der Waals surface area contributed by atoms with Crippen LogP contribution in [0, 0.1) is 0 Å². The number of phenols is 1. The average molecular weight is 344 g/mol. The second-order valence-corrected chi connectivity index (χ2v) is 5.39. The van der Waals surface area contributed by atoms with Crippen molar-refractivity contribution in [1.29, 1.82) is 0 Å². The van der Waals surface area contributed by atoms with Crippen LogP contribution >= 0.6 is 11.6 Å². The van der Waals surface area contributed by atoms with Gasteiger partial charge < -0.3 is 10.4 Å². The average Bonchev–Trinajstić information content (AvgIpc) is 2.49. The number of phenolic OH excluding ortho intramolecular Hbond substituents is 1. The molecule has 0 radical (unpaired) electrons. The molecular formula is C16H13ClF3NO2. The molecule has 0 heterocycles. The van der Waals surface area contributed by atoms with E-state index < -0.39 is 23.7 Å². The third-order valence-corrected chi connectivity index (χ3v) is 3.57. The molecule has 0 fully saturated rings. The molecule has 0 aliphatic carbocycles. The van der Waals surface area contributed by atoms with Crippen LogP contribution in [0.2, 0.25) is 5.02 Å². The summed E-state index contributed by atoms with van der Waals surface area (Å²) in [6, 6.07) is 8.05. The molecule has 23 heavy (non-hydrogen) atoms. The zero-order chi connectivity index (χ0) is 17.2. The molecular weight excluding hydrogens is 331 g/mol. The smallest absolute Gasteiger partial charge is 0.416 e. The Labute approximate surface area is 135 Å². The zero-order valence-corrected chi connectivity index (χ0v) is 12.7. The number of carbonyl (C=O) groups is 1. The van der Waals surface area contributed by atoms with E-state index in [4.69, 9.17) is 11.6 Å². The Morgan fingerprint density at radius 3 is 2.52 bits per heavy atom. The second-order valence-electron chi connectivity index (χ2n) is 4.98. The normalized spacial score (nSPS) is 12.7. The van der Waals surface area contributed by atoms with Gasteiger partial charge in [-0.05, 0) is 42.8 Å². The van der Waals surface area contributed by atoms with Crippen molar-refractivity contribution in [2.45, 2.75) is 19.1 Å². The maximum Gasteiger partial charge on any atom is 0.416 e. The molecule has 7 heteroatoms. The molecule has 0 aliphatic rings. The Kier molecular flexibility index (Phi) is 4.85. The minimum atomic E-state index is -4.44. The number of hydrogen-bond acceptors (Lipinski definition) is 2. The number of hydrogen-bond donors (Lipinski definition) is 2. The fourth-order valence-corrected chi connectivity index (χ4v) is 2.18. The maximum atomic E-state index is 12.7. The number of aromatic hydroxyl groups is 1. The van der Waals surface area contributed by atoms with E-state index in [9.17, 15) is 23.1 Å². The molecule has 3 nitrogen and oxygen atoms in total. The van der Waals surface area contributed by atoms with E-state index in [-0.39, 0.29) is 16.3 Å². The molecule has 1 amide bonds. The minimum absolute atomic E-state index is 0.0179. The summed E-state index contributed by atoms with van der Waals surface area (Å²) >= 11 is 5.73. The van der Waals surface area contributed by atoms with Crippen molar-refractivity contribution >= 4 is 17.5 Å². The van der Waals surface area contributed by atoms with E-state index in [1.807, 2.05) is 0 Å². The highest BCUT2D eigenvalue weighted by Gasteiger charge is 2.30. The summed E-state index contributed by atoms with van der Waals surface area (Å²) in [6.45, 7) is 1.58. The van der Waals surface area contributed by atoms with Crippen LogP contribution in [-0.4, -0.2) is 11.0 Å². The first-order valence-electron chi connectivity index (χ1n) is 6.65. The predicted molar refractivity (Wildman–Crippen MR) is 80.4 cm³/mol. The minimum Gasteiger partial charge on any atom is -0.506 e. The van der Waals surface area contributed by atoms with Crippen LogP contribution in [0.5, 0.6) is 5.75 Å². The molecule has 2 N–H and O–H groups in total. The summed E-state index contributed by atoms with van der Waals surface area (Å²) in [7, 11) is 0. The molecule has 0 saturated heterocycles. The van der Waals surface area contributed by atoms with E-state index in [1.54, 1.807) is 6.92 Å². The van der Waals surface area contributed by atoms with Gasteiger partial charge in [-0.15, -0.1) is 0 Å². The van der Waals surface area contributed by atoms with Crippen molar-refractivity contribution in [2.75, 3.05) is 0 Å². The lowest BCUT2D eigenvalue weighted by molar-refractivity contribution is -0.137. The highest BCUT2D eigenvalue weighted by Crippen LogP contribution is 2.31. The van der Waals surface area contributed by atoms with Gasteiger partial charge in [-0.1, -0.05) is 23.7 Å². The van der Waals surface area contributed by atoms with Crippen LogP contribution in [0.25, 0.3) is 0 Å². The Bertz CT molecular complexity index is 732. The molecule has 2 rings (SSSR count). The molecule has 0 bridgehead atoms. The lowest BCUT2D eigenvalue weighted by atomic mass is 10.0. The van der Waals surface area contributed by atoms with Crippen LogP contribution in [0.3, 0.4) is 0 Å². The maximum absolute atomic E-state index is 12.7. The molecule has 0 aliphatic heterocycles. The summed E-state index contributed by atoms with van der Waals surface area (Å²) in [5, 5.41) is 11.9. The molecule has 0 aromatic heterocycles. The molecule has 2 aromatic carbocycles. The molecule has 0 unspecified atom stereocenters.